The molecule has 0 atom stereocenters. The Kier molecular flexibility index (Phi) is 3.50. The van der Waals surface area contributed by atoms with Crippen LogP contribution in [0.3, 0.4) is 0 Å². The van der Waals surface area contributed by atoms with Gasteiger partial charge in [0.15, 0.2) is 5.65 Å². The number of H-pyrrole nitrogens is 1. The molecule has 102 valence electrons. The third-order valence-corrected chi connectivity index (χ3v) is 3.12. The van der Waals surface area contributed by atoms with Crippen LogP contribution in [0.4, 0.5) is 11.5 Å². The van der Waals surface area contributed by atoms with Gasteiger partial charge in [-0.15, -0.1) is 0 Å². The van der Waals surface area contributed by atoms with Gasteiger partial charge >= 0.3 is 0 Å². The quantitative estimate of drug-likeness (QED) is 0.665. The number of anilines is 2. The van der Waals surface area contributed by atoms with Crippen molar-refractivity contribution in [2.75, 3.05) is 24.2 Å². The fraction of sp³-hybridized carbons (Fsp3) is 0.200. The summed E-state index contributed by atoms with van der Waals surface area (Å²) in [6.07, 6.45) is 0.833. The molecule has 0 fully saturated rings. The van der Waals surface area contributed by atoms with Crippen LogP contribution in [0.1, 0.15) is 5.82 Å². The van der Waals surface area contributed by atoms with E-state index in [0.717, 1.165) is 41.5 Å². The number of nitrogens with one attached hydrogen (secondary N) is 3. The lowest BCUT2D eigenvalue weighted by Crippen LogP contribution is -2.05. The molecule has 0 aliphatic rings. The van der Waals surface area contributed by atoms with Crippen LogP contribution in [0.2, 0.25) is 0 Å². The van der Waals surface area contributed by atoms with Crippen LogP contribution in [-0.2, 0) is 6.42 Å². The molecule has 2 heterocycles. The van der Waals surface area contributed by atoms with Crippen LogP contribution >= 0.6 is 0 Å². The lowest BCUT2D eigenvalue weighted by atomic mass is 10.3. The maximum Gasteiger partial charge on any atom is 0.179 e. The van der Waals surface area contributed by atoms with Gasteiger partial charge in [-0.2, -0.15) is 0 Å². The van der Waals surface area contributed by atoms with Crippen molar-refractivity contribution in [2.24, 2.45) is 0 Å². The molecule has 0 amide bonds. The fourth-order valence-electron chi connectivity index (χ4n) is 2.08. The Morgan fingerprint density at radius 1 is 1.05 bits per heavy atom. The van der Waals surface area contributed by atoms with E-state index in [0.29, 0.717) is 0 Å². The number of nitrogens with zero attached hydrogens (tertiary/aromatic N) is 2. The summed E-state index contributed by atoms with van der Waals surface area (Å²) < 4.78 is 0. The lowest BCUT2D eigenvalue weighted by Gasteiger charge is -2.03. The van der Waals surface area contributed by atoms with Gasteiger partial charge in [0.25, 0.3) is 0 Å². The van der Waals surface area contributed by atoms with Gasteiger partial charge < -0.3 is 15.6 Å². The number of rotatable bonds is 5. The highest BCUT2D eigenvalue weighted by molar-refractivity contribution is 5.72. The zero-order valence-electron chi connectivity index (χ0n) is 11.4. The predicted molar refractivity (Wildman–Crippen MR) is 82.1 cm³/mol. The standard InChI is InChI=1S/C15H17N5/c1-16-13-8-7-12-15(19-13)20-14(18-12)9-10-17-11-5-3-2-4-6-11/h2-8,17H,9-10H2,1H3,(H2,16,18,19,20). The molecular formula is C15H17N5. The Balaban J connectivity index is 1.66. The minimum atomic E-state index is 0.756. The summed E-state index contributed by atoms with van der Waals surface area (Å²) in [5, 5.41) is 6.38. The molecule has 5 nitrogen and oxygen atoms in total. The first-order valence-electron chi connectivity index (χ1n) is 6.67. The van der Waals surface area contributed by atoms with Crippen LogP contribution in [-0.4, -0.2) is 28.5 Å². The average Bonchev–Trinajstić information content (AvgIpc) is 2.90. The molecule has 0 aliphatic heterocycles. The van der Waals surface area contributed by atoms with Crippen molar-refractivity contribution >= 4 is 22.7 Å². The summed E-state index contributed by atoms with van der Waals surface area (Å²) in [6, 6.07) is 14.1. The Morgan fingerprint density at radius 2 is 1.90 bits per heavy atom. The Labute approximate surface area is 117 Å². The summed E-state index contributed by atoms with van der Waals surface area (Å²) in [6.45, 7) is 0.836. The molecule has 3 rings (SSSR count). The lowest BCUT2D eigenvalue weighted by molar-refractivity contribution is 0.933. The first-order valence-corrected chi connectivity index (χ1v) is 6.67. The van der Waals surface area contributed by atoms with Gasteiger partial charge in [0.2, 0.25) is 0 Å². The molecule has 20 heavy (non-hydrogen) atoms. The van der Waals surface area contributed by atoms with E-state index in [9.17, 15) is 0 Å². The van der Waals surface area contributed by atoms with Crippen molar-refractivity contribution in [1.29, 1.82) is 0 Å². The maximum atomic E-state index is 4.51. The largest absolute Gasteiger partial charge is 0.385 e. The normalized spacial score (nSPS) is 10.7. The van der Waals surface area contributed by atoms with Crippen LogP contribution in [0.15, 0.2) is 42.5 Å². The molecular weight excluding hydrogens is 250 g/mol. The summed E-state index contributed by atoms with van der Waals surface area (Å²) in [4.78, 5) is 12.2. The number of pyridine rings is 1. The second-order valence-electron chi connectivity index (χ2n) is 4.54. The predicted octanol–water partition coefficient (Wildman–Crippen LogP) is 2.65. The first kappa shape index (κ1) is 12.5. The molecule has 0 saturated heterocycles. The molecule has 0 spiro atoms. The van der Waals surface area contributed by atoms with Crippen molar-refractivity contribution < 1.29 is 0 Å². The number of hydrogen-bond acceptors (Lipinski definition) is 4. The minimum Gasteiger partial charge on any atom is -0.385 e. The maximum absolute atomic E-state index is 4.51. The van der Waals surface area contributed by atoms with Gasteiger partial charge in [-0.25, -0.2) is 9.97 Å². The van der Waals surface area contributed by atoms with Gasteiger partial charge in [-0.3, -0.25) is 0 Å². The number of para-hydroxylation sites is 1. The monoisotopic (exact) mass is 267 g/mol. The van der Waals surface area contributed by atoms with Gasteiger partial charge in [-0.1, -0.05) is 18.2 Å². The Hall–Kier alpha value is -2.56. The summed E-state index contributed by atoms with van der Waals surface area (Å²) >= 11 is 0. The van der Waals surface area contributed by atoms with E-state index in [1.54, 1.807) is 0 Å². The van der Waals surface area contributed by atoms with Crippen molar-refractivity contribution in [3.63, 3.8) is 0 Å². The summed E-state index contributed by atoms with van der Waals surface area (Å²) in [7, 11) is 1.85. The number of aromatic amines is 1. The minimum absolute atomic E-state index is 0.756. The second kappa shape index (κ2) is 5.61. The zero-order chi connectivity index (χ0) is 13.8. The van der Waals surface area contributed by atoms with E-state index in [2.05, 4.69) is 37.7 Å². The third-order valence-electron chi connectivity index (χ3n) is 3.12. The smallest absolute Gasteiger partial charge is 0.179 e. The number of benzene rings is 1. The number of fused-ring (bicyclic) bond motifs is 1. The average molecular weight is 267 g/mol. The number of imidazole rings is 1. The summed E-state index contributed by atoms with van der Waals surface area (Å²) in [5.74, 6) is 1.78. The molecule has 3 N–H and O–H groups in total. The number of hydrogen-bond donors (Lipinski definition) is 3. The van der Waals surface area contributed by atoms with E-state index in [1.165, 1.54) is 0 Å². The van der Waals surface area contributed by atoms with Crippen molar-refractivity contribution in [3.8, 4) is 0 Å². The molecule has 0 bridgehead atoms. The SMILES string of the molecule is CNc1ccc2[nH]c(CCNc3ccccc3)nc2n1. The van der Waals surface area contributed by atoms with Gasteiger partial charge in [0.05, 0.1) is 5.52 Å². The molecule has 2 aromatic heterocycles. The second-order valence-corrected chi connectivity index (χ2v) is 4.54. The van der Waals surface area contributed by atoms with Crippen LogP contribution in [0.5, 0.6) is 0 Å². The molecule has 0 saturated carbocycles. The van der Waals surface area contributed by atoms with Crippen molar-refractivity contribution in [1.82, 2.24) is 15.0 Å². The van der Waals surface area contributed by atoms with Crippen molar-refractivity contribution in [3.05, 3.63) is 48.3 Å². The topological polar surface area (TPSA) is 65.6 Å². The van der Waals surface area contributed by atoms with E-state index >= 15 is 0 Å². The molecule has 3 aromatic rings. The Morgan fingerprint density at radius 3 is 2.70 bits per heavy atom. The van der Waals surface area contributed by atoms with Gasteiger partial charge in [0.1, 0.15) is 11.6 Å². The third kappa shape index (κ3) is 2.71. The molecule has 5 heteroatoms. The van der Waals surface area contributed by atoms with E-state index in [1.807, 2.05) is 37.4 Å². The summed E-state index contributed by atoms with van der Waals surface area (Å²) in [5.41, 5.74) is 2.85. The Bertz CT molecular complexity index is 690. The fourth-order valence-corrected chi connectivity index (χ4v) is 2.08. The number of aromatic nitrogens is 3. The van der Waals surface area contributed by atoms with Crippen LogP contribution in [0, 0.1) is 0 Å². The van der Waals surface area contributed by atoms with Crippen LogP contribution < -0.4 is 10.6 Å². The molecule has 0 radical (unpaired) electrons. The van der Waals surface area contributed by atoms with Gasteiger partial charge in [0, 0.05) is 25.7 Å². The molecule has 0 unspecified atom stereocenters. The molecule has 1 aromatic carbocycles. The highest BCUT2D eigenvalue weighted by atomic mass is 15.0. The van der Waals surface area contributed by atoms with E-state index < -0.39 is 0 Å². The first-order chi connectivity index (χ1) is 9.85. The highest BCUT2D eigenvalue weighted by Crippen LogP contribution is 2.13. The van der Waals surface area contributed by atoms with E-state index in [4.69, 9.17) is 0 Å². The highest BCUT2D eigenvalue weighted by Gasteiger charge is 2.04. The van der Waals surface area contributed by atoms with E-state index in [-0.39, 0.29) is 0 Å². The molecule has 0 aliphatic carbocycles. The van der Waals surface area contributed by atoms with Gasteiger partial charge in [-0.05, 0) is 24.3 Å². The van der Waals surface area contributed by atoms with Crippen molar-refractivity contribution in [2.45, 2.75) is 6.42 Å². The zero-order valence-corrected chi connectivity index (χ0v) is 11.4. The van der Waals surface area contributed by atoms with Crippen LogP contribution in [0.25, 0.3) is 11.2 Å².